The average molecular weight is 410 g/mol. The molecule has 0 saturated heterocycles. The summed E-state index contributed by atoms with van der Waals surface area (Å²) in [4.78, 5) is 0. The Morgan fingerprint density at radius 3 is 1.57 bits per heavy atom. The van der Waals surface area contributed by atoms with Gasteiger partial charge in [0.25, 0.3) is 0 Å². The van der Waals surface area contributed by atoms with Crippen LogP contribution in [-0.2, 0) is 4.57 Å². The first-order valence-electron chi connectivity index (χ1n) is 9.92. The van der Waals surface area contributed by atoms with E-state index in [4.69, 9.17) is 4.74 Å². The molecule has 0 atom stereocenters. The van der Waals surface area contributed by atoms with Crippen LogP contribution in [0.15, 0.2) is 127 Å². The number of para-hydroxylation sites is 1. The minimum absolute atomic E-state index is 0.236. The molecular formula is C27H23O2P. The normalized spacial score (nSPS) is 11.8. The van der Waals surface area contributed by atoms with Gasteiger partial charge < -0.3 is 9.30 Å². The van der Waals surface area contributed by atoms with Gasteiger partial charge in [-0.25, -0.2) is 0 Å². The second-order valence-corrected chi connectivity index (χ2v) is 9.75. The second-order valence-electron chi connectivity index (χ2n) is 6.93. The van der Waals surface area contributed by atoms with E-state index in [1.807, 2.05) is 127 Å². The van der Waals surface area contributed by atoms with Crippen molar-refractivity contribution in [2.45, 2.75) is 0 Å². The molecule has 4 rings (SSSR count). The van der Waals surface area contributed by atoms with Gasteiger partial charge in [0.1, 0.15) is 12.4 Å². The lowest BCUT2D eigenvalue weighted by Gasteiger charge is -2.23. The topological polar surface area (TPSA) is 26.3 Å². The fourth-order valence-electron chi connectivity index (χ4n) is 3.40. The van der Waals surface area contributed by atoms with Gasteiger partial charge in [0.15, 0.2) is 7.14 Å². The van der Waals surface area contributed by atoms with Gasteiger partial charge in [-0.05, 0) is 23.8 Å². The summed E-state index contributed by atoms with van der Waals surface area (Å²) in [6, 6.07) is 39.0. The van der Waals surface area contributed by atoms with E-state index in [0.29, 0.717) is 0 Å². The van der Waals surface area contributed by atoms with Crippen LogP contribution in [0, 0.1) is 0 Å². The number of hydrogen-bond acceptors (Lipinski definition) is 2. The number of benzene rings is 4. The molecule has 0 amide bonds. The molecule has 0 unspecified atom stereocenters. The van der Waals surface area contributed by atoms with Crippen LogP contribution in [0.25, 0.3) is 6.08 Å². The van der Waals surface area contributed by atoms with E-state index >= 15 is 0 Å². The van der Waals surface area contributed by atoms with E-state index in [1.54, 1.807) is 0 Å². The third-order valence-electron chi connectivity index (χ3n) is 4.91. The van der Waals surface area contributed by atoms with Gasteiger partial charge in [-0.1, -0.05) is 109 Å². The number of ether oxygens (including phenoxy) is 1. The Labute approximate surface area is 177 Å². The van der Waals surface area contributed by atoms with Crippen LogP contribution < -0.4 is 15.3 Å². The summed E-state index contributed by atoms with van der Waals surface area (Å²) in [5.74, 6) is 0.754. The molecule has 0 bridgehead atoms. The van der Waals surface area contributed by atoms with Gasteiger partial charge in [-0.3, -0.25) is 0 Å². The molecule has 0 saturated carbocycles. The molecule has 30 heavy (non-hydrogen) atoms. The third-order valence-corrected chi connectivity index (χ3v) is 8.02. The molecule has 0 aliphatic carbocycles. The van der Waals surface area contributed by atoms with Gasteiger partial charge in [0, 0.05) is 15.9 Å². The van der Waals surface area contributed by atoms with Gasteiger partial charge in [-0.15, -0.1) is 0 Å². The molecule has 0 aliphatic rings. The standard InChI is InChI=1S/C27H23O2P/c28-30(25-17-9-3-10-18-25,26-19-11-4-12-20-26)27(21-23-13-5-1-6-14-23)22-29-24-15-7-2-8-16-24/h1-21H,22H2/b27-21+. The zero-order chi connectivity index (χ0) is 20.7. The molecule has 3 heteroatoms. The maximum absolute atomic E-state index is 14.8. The summed E-state index contributed by atoms with van der Waals surface area (Å²) in [5, 5.41) is 2.36. The molecule has 0 N–H and O–H groups in total. The number of hydrogen-bond donors (Lipinski definition) is 0. The van der Waals surface area contributed by atoms with Crippen molar-refractivity contribution in [2.24, 2.45) is 0 Å². The average Bonchev–Trinajstić information content (AvgIpc) is 2.83. The van der Waals surface area contributed by atoms with Gasteiger partial charge in [0.2, 0.25) is 0 Å². The fraction of sp³-hybridized carbons (Fsp3) is 0.0370. The van der Waals surface area contributed by atoms with Gasteiger partial charge in [0.05, 0.1) is 0 Å². The molecule has 0 radical (unpaired) electrons. The molecular weight excluding hydrogens is 387 g/mol. The Morgan fingerprint density at radius 2 is 1.07 bits per heavy atom. The lowest BCUT2D eigenvalue weighted by Crippen LogP contribution is -2.20. The maximum Gasteiger partial charge on any atom is 0.170 e. The quantitative estimate of drug-likeness (QED) is 0.343. The molecule has 0 aromatic heterocycles. The van der Waals surface area contributed by atoms with E-state index in [2.05, 4.69) is 0 Å². The highest BCUT2D eigenvalue weighted by atomic mass is 31.2. The van der Waals surface area contributed by atoms with E-state index in [0.717, 1.165) is 27.2 Å². The van der Waals surface area contributed by atoms with E-state index in [-0.39, 0.29) is 6.61 Å². The Kier molecular flexibility index (Phi) is 6.27. The van der Waals surface area contributed by atoms with Gasteiger partial charge >= 0.3 is 0 Å². The highest BCUT2D eigenvalue weighted by Crippen LogP contribution is 2.52. The minimum Gasteiger partial charge on any atom is -0.489 e. The van der Waals surface area contributed by atoms with Crippen LogP contribution >= 0.6 is 7.14 Å². The smallest absolute Gasteiger partial charge is 0.170 e. The second kappa shape index (κ2) is 9.43. The monoisotopic (exact) mass is 410 g/mol. The van der Waals surface area contributed by atoms with Crippen LogP contribution in [0.2, 0.25) is 0 Å². The van der Waals surface area contributed by atoms with Crippen molar-refractivity contribution < 1.29 is 9.30 Å². The summed E-state index contributed by atoms with van der Waals surface area (Å²) in [6.07, 6.45) is 2.00. The molecule has 2 nitrogen and oxygen atoms in total. The summed E-state index contributed by atoms with van der Waals surface area (Å²) < 4.78 is 20.9. The SMILES string of the molecule is O=P(/C(=C/c1ccccc1)COc1ccccc1)(c1ccccc1)c1ccccc1. The van der Waals surface area contributed by atoms with E-state index in [9.17, 15) is 4.57 Å². The first-order chi connectivity index (χ1) is 14.8. The largest absolute Gasteiger partial charge is 0.489 e. The first-order valence-corrected chi connectivity index (χ1v) is 11.6. The highest BCUT2D eigenvalue weighted by Gasteiger charge is 2.32. The predicted octanol–water partition coefficient (Wildman–Crippen LogP) is 6.12. The predicted molar refractivity (Wildman–Crippen MR) is 126 cm³/mol. The molecule has 0 spiro atoms. The maximum atomic E-state index is 14.8. The van der Waals surface area contributed by atoms with Gasteiger partial charge in [-0.2, -0.15) is 0 Å². The minimum atomic E-state index is -3.10. The Balaban J connectivity index is 1.85. The molecule has 4 aromatic carbocycles. The fourth-order valence-corrected chi connectivity index (χ4v) is 6.12. The van der Waals surface area contributed by atoms with E-state index in [1.165, 1.54) is 0 Å². The number of rotatable bonds is 7. The van der Waals surface area contributed by atoms with Crippen molar-refractivity contribution in [3.63, 3.8) is 0 Å². The van der Waals surface area contributed by atoms with Crippen molar-refractivity contribution in [1.82, 2.24) is 0 Å². The van der Waals surface area contributed by atoms with Crippen LogP contribution in [0.1, 0.15) is 5.56 Å². The Hall–Kier alpha value is -3.35. The van der Waals surface area contributed by atoms with Crippen molar-refractivity contribution in [3.05, 3.63) is 132 Å². The summed E-state index contributed by atoms with van der Waals surface area (Å²) in [7, 11) is -3.10. The molecule has 4 aromatic rings. The lowest BCUT2D eigenvalue weighted by molar-refractivity contribution is 0.359. The molecule has 0 aliphatic heterocycles. The van der Waals surface area contributed by atoms with Crippen molar-refractivity contribution in [1.29, 1.82) is 0 Å². The third kappa shape index (κ3) is 4.45. The van der Waals surface area contributed by atoms with E-state index < -0.39 is 7.14 Å². The van der Waals surface area contributed by atoms with Crippen molar-refractivity contribution >= 4 is 23.8 Å². The Morgan fingerprint density at radius 1 is 0.633 bits per heavy atom. The zero-order valence-corrected chi connectivity index (χ0v) is 17.5. The summed E-state index contributed by atoms with van der Waals surface area (Å²) in [5.41, 5.74) is 0.997. The van der Waals surface area contributed by atoms with Crippen LogP contribution in [0.5, 0.6) is 5.75 Å². The van der Waals surface area contributed by atoms with Crippen LogP contribution in [-0.4, -0.2) is 6.61 Å². The van der Waals surface area contributed by atoms with Crippen LogP contribution in [0.4, 0.5) is 0 Å². The van der Waals surface area contributed by atoms with Crippen LogP contribution in [0.3, 0.4) is 0 Å². The summed E-state index contributed by atoms with van der Waals surface area (Å²) >= 11 is 0. The van der Waals surface area contributed by atoms with Crippen molar-refractivity contribution in [2.75, 3.05) is 6.61 Å². The Bertz CT molecular complexity index is 1100. The molecule has 0 heterocycles. The van der Waals surface area contributed by atoms with Crippen molar-refractivity contribution in [3.8, 4) is 5.75 Å². The first kappa shape index (κ1) is 19.9. The highest BCUT2D eigenvalue weighted by molar-refractivity contribution is 7.82. The zero-order valence-electron chi connectivity index (χ0n) is 16.6. The molecule has 148 valence electrons. The summed E-state index contributed by atoms with van der Waals surface area (Å²) in [6.45, 7) is 0.236. The molecule has 0 fully saturated rings. The lowest BCUT2D eigenvalue weighted by atomic mass is 10.2.